The zero-order chi connectivity index (χ0) is 17.3. The molecule has 0 aliphatic rings. The zero-order valence-corrected chi connectivity index (χ0v) is 14.3. The van der Waals surface area contributed by atoms with Crippen LogP contribution in [0.2, 0.25) is 0 Å². The summed E-state index contributed by atoms with van der Waals surface area (Å²) >= 11 is 0. The van der Waals surface area contributed by atoms with Crippen LogP contribution in [0.15, 0.2) is 41.4 Å². The number of aryl methyl sites for hydroxylation is 1. The number of fused-ring (bicyclic) bond motifs is 1. The molecule has 0 bridgehead atoms. The van der Waals surface area contributed by atoms with Gasteiger partial charge in [0.15, 0.2) is 11.5 Å². The lowest BCUT2D eigenvalue weighted by molar-refractivity contribution is 0.353. The van der Waals surface area contributed by atoms with Gasteiger partial charge in [-0.15, -0.1) is 0 Å². The molecule has 1 aromatic heterocycles. The number of sulfonamides is 1. The molecule has 2 aromatic carbocycles. The number of hydrogen-bond acceptors (Lipinski definition) is 5. The Morgan fingerprint density at radius 1 is 1.12 bits per heavy atom. The standard InChI is InChI=1S/C16H17N3O4S/c1-10-7-13(22-2)14(23-3)8-15(10)24(20,21)19-12-6-4-5-11-9-17-18-16(11)12/h4-9,19H,1-3H3,(H,17,18). The molecule has 0 amide bonds. The summed E-state index contributed by atoms with van der Waals surface area (Å²) in [7, 11) is -0.841. The first kappa shape index (κ1) is 16.1. The van der Waals surface area contributed by atoms with Gasteiger partial charge in [0.1, 0.15) is 0 Å². The molecule has 0 atom stereocenters. The summed E-state index contributed by atoms with van der Waals surface area (Å²) in [6.07, 6.45) is 1.63. The fourth-order valence-electron chi connectivity index (χ4n) is 2.51. The number of hydrogen-bond donors (Lipinski definition) is 2. The minimum Gasteiger partial charge on any atom is -0.493 e. The predicted molar refractivity (Wildman–Crippen MR) is 91.2 cm³/mol. The number of para-hydroxylation sites is 1. The van der Waals surface area contributed by atoms with E-state index >= 15 is 0 Å². The van der Waals surface area contributed by atoms with E-state index in [1.54, 1.807) is 31.3 Å². The number of nitrogens with zero attached hydrogens (tertiary/aromatic N) is 1. The van der Waals surface area contributed by atoms with Gasteiger partial charge in [0.05, 0.1) is 36.5 Å². The van der Waals surface area contributed by atoms with Gasteiger partial charge in [0.25, 0.3) is 10.0 Å². The van der Waals surface area contributed by atoms with E-state index in [0.717, 1.165) is 5.39 Å². The van der Waals surface area contributed by atoms with Gasteiger partial charge in [-0.2, -0.15) is 5.10 Å². The predicted octanol–water partition coefficient (Wildman–Crippen LogP) is 2.69. The molecule has 2 N–H and O–H groups in total. The normalized spacial score (nSPS) is 11.5. The van der Waals surface area contributed by atoms with Crippen molar-refractivity contribution in [3.63, 3.8) is 0 Å². The number of aromatic amines is 1. The van der Waals surface area contributed by atoms with Crippen LogP contribution in [0.3, 0.4) is 0 Å². The highest BCUT2D eigenvalue weighted by atomic mass is 32.2. The lowest BCUT2D eigenvalue weighted by atomic mass is 10.2. The first-order chi connectivity index (χ1) is 11.5. The minimum absolute atomic E-state index is 0.122. The second-order valence-corrected chi connectivity index (χ2v) is 6.87. The van der Waals surface area contributed by atoms with Crippen molar-refractivity contribution in [3.05, 3.63) is 42.1 Å². The maximum atomic E-state index is 12.8. The minimum atomic E-state index is -3.80. The second kappa shape index (κ2) is 6.04. The summed E-state index contributed by atoms with van der Waals surface area (Å²) in [6.45, 7) is 1.70. The zero-order valence-electron chi connectivity index (χ0n) is 13.5. The summed E-state index contributed by atoms with van der Waals surface area (Å²) in [5.41, 5.74) is 1.61. The van der Waals surface area contributed by atoms with Gasteiger partial charge in [-0.25, -0.2) is 8.42 Å². The molecule has 3 rings (SSSR count). The van der Waals surface area contributed by atoms with Gasteiger partial charge in [0, 0.05) is 11.5 Å². The number of aromatic nitrogens is 2. The molecular weight excluding hydrogens is 330 g/mol. The fraction of sp³-hybridized carbons (Fsp3) is 0.188. The largest absolute Gasteiger partial charge is 0.493 e. The number of rotatable bonds is 5. The molecule has 0 aliphatic heterocycles. The van der Waals surface area contributed by atoms with Crippen molar-refractivity contribution < 1.29 is 17.9 Å². The van der Waals surface area contributed by atoms with Crippen LogP contribution >= 0.6 is 0 Å². The first-order valence-corrected chi connectivity index (χ1v) is 8.62. The van der Waals surface area contributed by atoms with Gasteiger partial charge >= 0.3 is 0 Å². The fourth-order valence-corrected chi connectivity index (χ4v) is 3.82. The van der Waals surface area contributed by atoms with Gasteiger partial charge in [0.2, 0.25) is 0 Å². The van der Waals surface area contributed by atoms with Crippen LogP contribution in [-0.2, 0) is 10.0 Å². The average molecular weight is 347 g/mol. The quantitative estimate of drug-likeness (QED) is 0.740. The van der Waals surface area contributed by atoms with Gasteiger partial charge in [-0.1, -0.05) is 12.1 Å². The van der Waals surface area contributed by atoms with E-state index < -0.39 is 10.0 Å². The molecule has 7 nitrogen and oxygen atoms in total. The van der Waals surface area contributed by atoms with Crippen LogP contribution in [0, 0.1) is 6.92 Å². The first-order valence-electron chi connectivity index (χ1n) is 7.14. The van der Waals surface area contributed by atoms with E-state index in [-0.39, 0.29) is 4.90 Å². The Balaban J connectivity index is 2.07. The molecule has 3 aromatic rings. The van der Waals surface area contributed by atoms with Gasteiger partial charge in [-0.05, 0) is 24.6 Å². The topological polar surface area (TPSA) is 93.3 Å². The molecule has 126 valence electrons. The molecule has 0 spiro atoms. The molecule has 0 unspecified atom stereocenters. The smallest absolute Gasteiger partial charge is 0.262 e. The Hall–Kier alpha value is -2.74. The third-order valence-corrected chi connectivity index (χ3v) is 5.20. The molecular formula is C16H17N3O4S. The Kier molecular flexibility index (Phi) is 4.06. The van der Waals surface area contributed by atoms with Crippen LogP contribution in [0.5, 0.6) is 11.5 Å². The van der Waals surface area contributed by atoms with Crippen LogP contribution < -0.4 is 14.2 Å². The SMILES string of the molecule is COc1cc(C)c(S(=O)(=O)Nc2cccc3cn[nH]c23)cc1OC. The Morgan fingerprint density at radius 2 is 1.83 bits per heavy atom. The number of anilines is 1. The summed E-state index contributed by atoms with van der Waals surface area (Å²) in [6, 6.07) is 8.36. The lowest BCUT2D eigenvalue weighted by Gasteiger charge is -2.14. The molecule has 8 heteroatoms. The number of benzene rings is 2. The highest BCUT2D eigenvalue weighted by Gasteiger charge is 2.21. The van der Waals surface area contributed by atoms with E-state index in [4.69, 9.17) is 9.47 Å². The summed E-state index contributed by atoms with van der Waals surface area (Å²) in [4.78, 5) is 0.122. The molecule has 0 fully saturated rings. The Bertz CT molecular complexity index is 996. The monoisotopic (exact) mass is 347 g/mol. The van der Waals surface area contributed by atoms with Crippen molar-refractivity contribution in [3.8, 4) is 11.5 Å². The average Bonchev–Trinajstić information content (AvgIpc) is 3.03. The summed E-state index contributed by atoms with van der Waals surface area (Å²) < 4.78 is 38.6. The van der Waals surface area contributed by atoms with E-state index in [1.165, 1.54) is 20.3 Å². The van der Waals surface area contributed by atoms with E-state index in [1.807, 2.05) is 6.07 Å². The van der Waals surface area contributed by atoms with Crippen LogP contribution in [-0.4, -0.2) is 32.8 Å². The Morgan fingerprint density at radius 3 is 2.54 bits per heavy atom. The van der Waals surface area contributed by atoms with Crippen molar-refractivity contribution in [2.24, 2.45) is 0 Å². The molecule has 0 aliphatic carbocycles. The molecule has 0 saturated carbocycles. The Labute approximate surface area is 139 Å². The third kappa shape index (κ3) is 2.76. The number of H-pyrrole nitrogens is 1. The lowest BCUT2D eigenvalue weighted by Crippen LogP contribution is -2.15. The highest BCUT2D eigenvalue weighted by molar-refractivity contribution is 7.92. The van der Waals surface area contributed by atoms with Crippen LogP contribution in [0.1, 0.15) is 5.56 Å². The van der Waals surface area contributed by atoms with Crippen molar-refractivity contribution in [2.75, 3.05) is 18.9 Å². The summed E-state index contributed by atoms with van der Waals surface area (Å²) in [5, 5.41) is 7.55. The molecule has 1 heterocycles. The highest BCUT2D eigenvalue weighted by Crippen LogP contribution is 2.33. The second-order valence-electron chi connectivity index (χ2n) is 5.22. The van der Waals surface area contributed by atoms with E-state index in [9.17, 15) is 8.42 Å². The van der Waals surface area contributed by atoms with E-state index in [0.29, 0.717) is 28.3 Å². The number of nitrogens with one attached hydrogen (secondary N) is 2. The van der Waals surface area contributed by atoms with Crippen molar-refractivity contribution in [1.82, 2.24) is 10.2 Å². The van der Waals surface area contributed by atoms with Crippen molar-refractivity contribution in [2.45, 2.75) is 11.8 Å². The van der Waals surface area contributed by atoms with E-state index in [2.05, 4.69) is 14.9 Å². The molecule has 24 heavy (non-hydrogen) atoms. The van der Waals surface area contributed by atoms with Gasteiger partial charge in [-0.3, -0.25) is 9.82 Å². The van der Waals surface area contributed by atoms with Crippen molar-refractivity contribution >= 4 is 26.6 Å². The van der Waals surface area contributed by atoms with Crippen LogP contribution in [0.25, 0.3) is 10.9 Å². The molecule has 0 saturated heterocycles. The number of ether oxygens (including phenoxy) is 2. The third-order valence-electron chi connectivity index (χ3n) is 3.69. The maximum Gasteiger partial charge on any atom is 0.262 e. The molecule has 0 radical (unpaired) electrons. The maximum absolute atomic E-state index is 12.8. The van der Waals surface area contributed by atoms with Crippen LogP contribution in [0.4, 0.5) is 5.69 Å². The van der Waals surface area contributed by atoms with Gasteiger partial charge < -0.3 is 9.47 Å². The summed E-state index contributed by atoms with van der Waals surface area (Å²) in [5.74, 6) is 0.827. The number of methoxy groups -OCH3 is 2. The van der Waals surface area contributed by atoms with Crippen molar-refractivity contribution in [1.29, 1.82) is 0 Å².